The number of halogens is 2. The number of aromatic nitrogens is 5. The Kier molecular flexibility index (Phi) is 6.15. The Balaban J connectivity index is 1.61. The molecule has 1 fully saturated rings. The maximum Gasteiger partial charge on any atom is 0.282 e. The van der Waals surface area contributed by atoms with Gasteiger partial charge in [-0.2, -0.15) is 5.10 Å². The maximum absolute atomic E-state index is 13.1. The van der Waals surface area contributed by atoms with Gasteiger partial charge in [0.25, 0.3) is 12.3 Å². The fourth-order valence-corrected chi connectivity index (χ4v) is 3.82. The molecule has 1 atom stereocenters. The molecule has 0 aliphatic carbocycles. The number of nitrogens with one attached hydrogen (secondary N) is 2. The molecule has 32 heavy (non-hydrogen) atoms. The van der Waals surface area contributed by atoms with Gasteiger partial charge in [-0.05, 0) is 31.0 Å². The number of hydrogen-bond donors (Lipinski definition) is 2. The molecule has 0 radical (unpaired) electrons. The third kappa shape index (κ3) is 4.18. The highest BCUT2D eigenvalue weighted by molar-refractivity contribution is 6.11. The van der Waals surface area contributed by atoms with Crippen LogP contribution in [0.1, 0.15) is 36.6 Å². The van der Waals surface area contributed by atoms with Crippen LogP contribution >= 0.6 is 0 Å². The van der Waals surface area contributed by atoms with Crippen molar-refractivity contribution in [1.29, 1.82) is 5.41 Å². The van der Waals surface area contributed by atoms with Crippen LogP contribution in [-0.4, -0.2) is 61.7 Å². The molecule has 11 heteroatoms. The van der Waals surface area contributed by atoms with Crippen LogP contribution in [-0.2, 0) is 4.79 Å². The number of piperidine rings is 1. The molecule has 1 aliphatic rings. The molecule has 166 valence electrons. The summed E-state index contributed by atoms with van der Waals surface area (Å²) in [5, 5.41) is 14.3. The van der Waals surface area contributed by atoms with E-state index in [4.69, 9.17) is 5.41 Å². The summed E-state index contributed by atoms with van der Waals surface area (Å²) in [5.74, 6) is -0.223. The van der Waals surface area contributed by atoms with Crippen LogP contribution in [0.2, 0.25) is 0 Å². The van der Waals surface area contributed by atoms with Crippen molar-refractivity contribution in [3.8, 4) is 11.4 Å². The number of carbonyl (C=O) groups is 1. The Hall–Kier alpha value is -3.76. The maximum atomic E-state index is 13.1. The Labute approximate surface area is 182 Å². The first-order valence-electron chi connectivity index (χ1n) is 10.1. The minimum absolute atomic E-state index is 0.0141. The molecule has 1 saturated heterocycles. The molecular formula is C21H22F2N8O. The van der Waals surface area contributed by atoms with Crippen LogP contribution < -0.4 is 5.32 Å². The minimum atomic E-state index is -2.69. The summed E-state index contributed by atoms with van der Waals surface area (Å²) >= 11 is 0. The van der Waals surface area contributed by atoms with E-state index >= 15 is 0 Å². The number of nitrogens with zero attached hydrogens (tertiary/aromatic N) is 6. The quantitative estimate of drug-likeness (QED) is 0.450. The molecule has 2 N–H and O–H groups in total. The average molecular weight is 440 g/mol. The van der Waals surface area contributed by atoms with Crippen LogP contribution in [0.5, 0.6) is 0 Å². The second-order valence-corrected chi connectivity index (χ2v) is 7.42. The van der Waals surface area contributed by atoms with E-state index in [0.29, 0.717) is 30.1 Å². The molecule has 1 unspecified atom stereocenters. The van der Waals surface area contributed by atoms with Gasteiger partial charge in [0, 0.05) is 44.2 Å². The standard InChI is InChI=1S/C21H22F2N8O/c1-25-9-14(8-24)21(32)30-6-2-3-13(11-30)16-7-17(28-12-27-16)18-10-26-19-5-4-15(20(22)23)29-31(18)19/h4-5,7-10,12-13,20,24-25H,2-3,6,11H2,1H3/b14-9+,24-8?. The number of carbonyl (C=O) groups excluding carboxylic acids is 1. The van der Waals surface area contributed by atoms with Crippen molar-refractivity contribution in [3.63, 3.8) is 0 Å². The van der Waals surface area contributed by atoms with Gasteiger partial charge in [0.15, 0.2) is 5.65 Å². The highest BCUT2D eigenvalue weighted by Gasteiger charge is 2.27. The van der Waals surface area contributed by atoms with E-state index in [1.165, 1.54) is 29.2 Å². The van der Waals surface area contributed by atoms with E-state index in [9.17, 15) is 13.6 Å². The van der Waals surface area contributed by atoms with E-state index in [1.807, 2.05) is 0 Å². The largest absolute Gasteiger partial charge is 0.393 e. The number of rotatable bonds is 6. The summed E-state index contributed by atoms with van der Waals surface area (Å²) in [6.45, 7) is 1.07. The lowest BCUT2D eigenvalue weighted by atomic mass is 9.93. The molecule has 9 nitrogen and oxygen atoms in total. The SMILES string of the molecule is CN/C=C(\C=N)C(=O)N1CCCC(c2cc(-c3cnc4ccc(C(F)F)nn34)ncn2)C1. The van der Waals surface area contributed by atoms with Gasteiger partial charge in [0.2, 0.25) is 0 Å². The molecule has 1 amide bonds. The molecule has 3 aromatic rings. The van der Waals surface area contributed by atoms with Crippen molar-refractivity contribution in [2.75, 3.05) is 20.1 Å². The van der Waals surface area contributed by atoms with Gasteiger partial charge in [-0.3, -0.25) is 4.79 Å². The average Bonchev–Trinajstić information content (AvgIpc) is 3.25. The number of imidazole rings is 1. The molecule has 0 spiro atoms. The summed E-state index contributed by atoms with van der Waals surface area (Å²) in [6, 6.07) is 4.53. The summed E-state index contributed by atoms with van der Waals surface area (Å²) in [7, 11) is 1.68. The molecule has 1 aliphatic heterocycles. The van der Waals surface area contributed by atoms with Gasteiger partial charge >= 0.3 is 0 Å². The topological polar surface area (TPSA) is 112 Å². The van der Waals surface area contributed by atoms with Crippen LogP contribution in [0, 0.1) is 5.41 Å². The molecule has 0 bridgehead atoms. The molecule has 4 rings (SSSR count). The van der Waals surface area contributed by atoms with Crippen molar-refractivity contribution in [1.82, 2.24) is 34.8 Å². The summed E-state index contributed by atoms with van der Waals surface area (Å²) < 4.78 is 27.5. The highest BCUT2D eigenvalue weighted by atomic mass is 19.3. The van der Waals surface area contributed by atoms with Gasteiger partial charge in [0.1, 0.15) is 17.7 Å². The molecule has 4 heterocycles. The van der Waals surface area contributed by atoms with E-state index < -0.39 is 6.43 Å². The third-order valence-electron chi connectivity index (χ3n) is 5.39. The van der Waals surface area contributed by atoms with Crippen molar-refractivity contribution in [3.05, 3.63) is 53.9 Å². The number of likely N-dealkylation sites (tertiary alicyclic amines) is 1. The molecule has 0 saturated carbocycles. The van der Waals surface area contributed by atoms with E-state index in [2.05, 4.69) is 25.4 Å². The lowest BCUT2D eigenvalue weighted by Crippen LogP contribution is -2.40. The molecule has 0 aromatic carbocycles. The lowest BCUT2D eigenvalue weighted by molar-refractivity contribution is -0.127. The molecular weight excluding hydrogens is 418 g/mol. The van der Waals surface area contributed by atoms with Gasteiger partial charge in [-0.15, -0.1) is 0 Å². The van der Waals surface area contributed by atoms with Gasteiger partial charge < -0.3 is 15.6 Å². The van der Waals surface area contributed by atoms with Crippen molar-refractivity contribution >= 4 is 17.8 Å². The summed E-state index contributed by atoms with van der Waals surface area (Å²) in [4.78, 5) is 27.4. The van der Waals surface area contributed by atoms with Crippen LogP contribution in [0.4, 0.5) is 8.78 Å². The molecule has 3 aromatic heterocycles. The van der Waals surface area contributed by atoms with Crippen molar-refractivity contribution in [2.45, 2.75) is 25.2 Å². The Morgan fingerprint density at radius 1 is 1.31 bits per heavy atom. The van der Waals surface area contributed by atoms with Gasteiger partial charge in [0.05, 0.1) is 17.5 Å². The predicted molar refractivity (Wildman–Crippen MR) is 113 cm³/mol. The first kappa shape index (κ1) is 21.5. The normalized spacial score (nSPS) is 17.1. The fourth-order valence-electron chi connectivity index (χ4n) is 3.82. The first-order chi connectivity index (χ1) is 15.5. The van der Waals surface area contributed by atoms with Crippen molar-refractivity contribution in [2.24, 2.45) is 0 Å². The van der Waals surface area contributed by atoms with Crippen molar-refractivity contribution < 1.29 is 13.6 Å². The Bertz CT molecular complexity index is 1180. The second kappa shape index (κ2) is 9.16. The number of fused-ring (bicyclic) bond motifs is 1. The van der Waals surface area contributed by atoms with E-state index in [1.54, 1.807) is 24.2 Å². The first-order valence-corrected chi connectivity index (χ1v) is 10.1. The van der Waals surface area contributed by atoms with Crippen LogP contribution in [0.25, 0.3) is 17.0 Å². The second-order valence-electron chi connectivity index (χ2n) is 7.42. The monoisotopic (exact) mass is 440 g/mol. The minimum Gasteiger partial charge on any atom is -0.393 e. The highest BCUT2D eigenvalue weighted by Crippen LogP contribution is 2.29. The lowest BCUT2D eigenvalue weighted by Gasteiger charge is -2.32. The van der Waals surface area contributed by atoms with Gasteiger partial charge in [-0.25, -0.2) is 28.2 Å². The fraction of sp³-hybridized carbons (Fsp3) is 0.333. The zero-order valence-corrected chi connectivity index (χ0v) is 17.4. The smallest absolute Gasteiger partial charge is 0.282 e. The van der Waals surface area contributed by atoms with Gasteiger partial charge in [-0.1, -0.05) is 0 Å². The Morgan fingerprint density at radius 2 is 2.16 bits per heavy atom. The van der Waals surface area contributed by atoms with E-state index in [0.717, 1.165) is 24.8 Å². The zero-order chi connectivity index (χ0) is 22.7. The zero-order valence-electron chi connectivity index (χ0n) is 17.4. The summed E-state index contributed by atoms with van der Waals surface area (Å²) in [6.07, 6.45) is 4.46. The van der Waals surface area contributed by atoms with E-state index in [-0.39, 0.29) is 23.1 Å². The van der Waals surface area contributed by atoms with Crippen LogP contribution in [0.3, 0.4) is 0 Å². The number of hydrogen-bond acceptors (Lipinski definition) is 7. The number of alkyl halides is 2. The summed E-state index contributed by atoms with van der Waals surface area (Å²) in [5.41, 5.74) is 2.13. The third-order valence-corrected chi connectivity index (χ3v) is 5.39. The Morgan fingerprint density at radius 3 is 2.91 bits per heavy atom. The predicted octanol–water partition coefficient (Wildman–Crippen LogP) is 2.58. The number of amides is 1. The van der Waals surface area contributed by atoms with Crippen LogP contribution in [0.15, 0.2) is 42.5 Å².